The van der Waals surface area contributed by atoms with Crippen molar-refractivity contribution in [1.29, 1.82) is 0 Å². The molecule has 3 unspecified atom stereocenters. The molecular formula is C16H23NO5. The van der Waals surface area contributed by atoms with Crippen molar-refractivity contribution in [3.63, 3.8) is 0 Å². The molecule has 0 aromatic carbocycles. The highest BCUT2D eigenvalue weighted by Gasteiger charge is 2.44. The van der Waals surface area contributed by atoms with Crippen molar-refractivity contribution in [2.45, 2.75) is 39.4 Å². The van der Waals surface area contributed by atoms with Gasteiger partial charge in [-0.05, 0) is 19.8 Å². The number of esters is 1. The first-order valence-corrected chi connectivity index (χ1v) is 7.63. The number of unbranched alkanes of at least 4 members (excludes halogenated alkanes) is 1. The first-order chi connectivity index (χ1) is 10.6. The molecule has 1 aliphatic carbocycles. The zero-order chi connectivity index (χ0) is 16.1. The summed E-state index contributed by atoms with van der Waals surface area (Å²) in [6, 6.07) is 0. The van der Waals surface area contributed by atoms with Gasteiger partial charge in [0.1, 0.15) is 0 Å². The second-order valence-electron chi connectivity index (χ2n) is 5.57. The highest BCUT2D eigenvalue weighted by atomic mass is 16.7. The maximum Gasteiger partial charge on any atom is 0.410 e. The molecule has 1 heterocycles. The third-order valence-electron chi connectivity index (χ3n) is 4.12. The van der Waals surface area contributed by atoms with Gasteiger partial charge in [-0.1, -0.05) is 25.0 Å². The van der Waals surface area contributed by atoms with E-state index in [1.807, 2.05) is 19.9 Å². The van der Waals surface area contributed by atoms with Gasteiger partial charge < -0.3 is 19.5 Å². The standard InChI is InChI=1S/C16H23NO5/c1-4-5-8-17-16(19)22-15-13-10(2)6-7-11(13)12(9-21-15)14(18)20-3/h6,9,11,13,15H,4-5,7-8H2,1-3H3,(H,17,19). The lowest BCUT2D eigenvalue weighted by molar-refractivity contribution is -0.141. The Bertz CT molecular complexity index is 497. The number of rotatable bonds is 5. The number of hydrogen-bond donors (Lipinski definition) is 1. The molecule has 2 rings (SSSR count). The number of ether oxygens (including phenoxy) is 3. The number of alkyl carbamates (subject to hydrolysis) is 1. The third-order valence-corrected chi connectivity index (χ3v) is 4.12. The highest BCUT2D eigenvalue weighted by Crippen LogP contribution is 2.43. The maximum atomic E-state index is 11.8. The maximum absolute atomic E-state index is 11.8. The Labute approximate surface area is 130 Å². The van der Waals surface area contributed by atoms with Gasteiger partial charge in [0.15, 0.2) is 0 Å². The molecule has 0 spiro atoms. The molecule has 0 aromatic heterocycles. The fourth-order valence-corrected chi connectivity index (χ4v) is 2.88. The molecule has 6 heteroatoms. The Morgan fingerprint density at radius 1 is 1.45 bits per heavy atom. The van der Waals surface area contributed by atoms with Crippen molar-refractivity contribution >= 4 is 12.1 Å². The molecule has 1 N–H and O–H groups in total. The van der Waals surface area contributed by atoms with Crippen LogP contribution < -0.4 is 5.32 Å². The molecule has 0 radical (unpaired) electrons. The van der Waals surface area contributed by atoms with Crippen molar-refractivity contribution in [2.75, 3.05) is 13.7 Å². The summed E-state index contributed by atoms with van der Waals surface area (Å²) in [5.74, 6) is -0.602. The normalized spacial score (nSPS) is 26.2. The summed E-state index contributed by atoms with van der Waals surface area (Å²) >= 11 is 0. The minimum Gasteiger partial charge on any atom is -0.466 e. The Balaban J connectivity index is 2.03. The molecule has 3 atom stereocenters. The summed E-state index contributed by atoms with van der Waals surface area (Å²) < 4.78 is 15.6. The van der Waals surface area contributed by atoms with E-state index in [-0.39, 0.29) is 11.8 Å². The molecule has 0 saturated carbocycles. The van der Waals surface area contributed by atoms with E-state index >= 15 is 0 Å². The number of amides is 1. The van der Waals surface area contributed by atoms with Gasteiger partial charge in [0.25, 0.3) is 6.29 Å². The summed E-state index contributed by atoms with van der Waals surface area (Å²) in [5, 5.41) is 2.70. The van der Waals surface area contributed by atoms with Gasteiger partial charge in [0.05, 0.1) is 24.9 Å². The third kappa shape index (κ3) is 3.43. The summed E-state index contributed by atoms with van der Waals surface area (Å²) in [6.07, 6.45) is 4.83. The number of nitrogens with one attached hydrogen (secondary N) is 1. The summed E-state index contributed by atoms with van der Waals surface area (Å²) in [4.78, 5) is 23.6. The Hall–Kier alpha value is -1.98. The van der Waals surface area contributed by atoms with Crippen LogP contribution in [0, 0.1) is 11.8 Å². The van der Waals surface area contributed by atoms with Gasteiger partial charge in [0.2, 0.25) is 0 Å². The SMILES string of the molecule is CCCCNC(=O)OC1OC=C(C(=O)OC)C2CC=C(C)C12. The van der Waals surface area contributed by atoms with E-state index in [2.05, 4.69) is 5.32 Å². The molecule has 1 aliphatic heterocycles. The predicted molar refractivity (Wildman–Crippen MR) is 79.7 cm³/mol. The van der Waals surface area contributed by atoms with Crippen molar-refractivity contribution in [3.8, 4) is 0 Å². The van der Waals surface area contributed by atoms with E-state index in [9.17, 15) is 9.59 Å². The average molecular weight is 309 g/mol. The first-order valence-electron chi connectivity index (χ1n) is 7.63. The lowest BCUT2D eigenvalue weighted by atomic mass is 9.84. The lowest BCUT2D eigenvalue weighted by Crippen LogP contribution is -2.40. The summed E-state index contributed by atoms with van der Waals surface area (Å²) in [6.45, 7) is 4.58. The Morgan fingerprint density at radius 2 is 2.23 bits per heavy atom. The smallest absolute Gasteiger partial charge is 0.410 e. The fourth-order valence-electron chi connectivity index (χ4n) is 2.88. The van der Waals surface area contributed by atoms with Crippen LogP contribution in [0.4, 0.5) is 4.79 Å². The van der Waals surface area contributed by atoms with Crippen LogP contribution in [0.3, 0.4) is 0 Å². The zero-order valence-electron chi connectivity index (χ0n) is 13.3. The minimum absolute atomic E-state index is 0.0605. The largest absolute Gasteiger partial charge is 0.466 e. The second kappa shape index (κ2) is 7.33. The van der Waals surface area contributed by atoms with Crippen LogP contribution >= 0.6 is 0 Å². The average Bonchev–Trinajstić information content (AvgIpc) is 2.90. The molecule has 0 bridgehead atoms. The second-order valence-corrected chi connectivity index (χ2v) is 5.57. The highest BCUT2D eigenvalue weighted by molar-refractivity contribution is 5.89. The molecule has 1 amide bonds. The molecule has 6 nitrogen and oxygen atoms in total. The topological polar surface area (TPSA) is 73.9 Å². The molecule has 22 heavy (non-hydrogen) atoms. The first kappa shape index (κ1) is 16.4. The number of methoxy groups -OCH3 is 1. The van der Waals surface area contributed by atoms with Crippen LogP contribution in [-0.4, -0.2) is 32.0 Å². The van der Waals surface area contributed by atoms with Crippen LogP contribution in [0.25, 0.3) is 0 Å². The summed E-state index contributed by atoms with van der Waals surface area (Å²) in [5.41, 5.74) is 1.55. The monoisotopic (exact) mass is 309 g/mol. The molecule has 0 aromatic rings. The fraction of sp³-hybridized carbons (Fsp3) is 0.625. The molecule has 0 fully saturated rings. The van der Waals surface area contributed by atoms with E-state index in [1.54, 1.807) is 0 Å². The van der Waals surface area contributed by atoms with E-state index in [4.69, 9.17) is 14.2 Å². The van der Waals surface area contributed by atoms with Crippen molar-refractivity contribution in [2.24, 2.45) is 11.8 Å². The molecule has 122 valence electrons. The van der Waals surface area contributed by atoms with Gasteiger partial charge in [0, 0.05) is 12.5 Å². The van der Waals surface area contributed by atoms with Gasteiger partial charge in [-0.25, -0.2) is 9.59 Å². The van der Waals surface area contributed by atoms with Crippen LogP contribution in [0.15, 0.2) is 23.5 Å². The van der Waals surface area contributed by atoms with Crippen LogP contribution in [-0.2, 0) is 19.0 Å². The number of carbonyl (C=O) groups excluding carboxylic acids is 2. The van der Waals surface area contributed by atoms with E-state index in [1.165, 1.54) is 13.4 Å². The lowest BCUT2D eigenvalue weighted by Gasteiger charge is -2.33. The van der Waals surface area contributed by atoms with Gasteiger partial charge in [-0.2, -0.15) is 0 Å². The van der Waals surface area contributed by atoms with Crippen molar-refractivity contribution in [3.05, 3.63) is 23.5 Å². The molecule has 0 saturated heterocycles. The number of carbonyl (C=O) groups is 2. The van der Waals surface area contributed by atoms with Crippen molar-refractivity contribution in [1.82, 2.24) is 5.32 Å². The zero-order valence-corrected chi connectivity index (χ0v) is 13.3. The quantitative estimate of drug-likeness (QED) is 0.480. The van der Waals surface area contributed by atoms with E-state index in [0.717, 1.165) is 24.8 Å². The summed E-state index contributed by atoms with van der Waals surface area (Å²) in [7, 11) is 1.34. The van der Waals surface area contributed by atoms with Gasteiger partial charge >= 0.3 is 12.1 Å². The Morgan fingerprint density at radius 3 is 2.91 bits per heavy atom. The number of allylic oxidation sites excluding steroid dienone is 1. The van der Waals surface area contributed by atoms with Crippen molar-refractivity contribution < 1.29 is 23.8 Å². The van der Waals surface area contributed by atoms with Crippen LogP contribution in [0.2, 0.25) is 0 Å². The number of hydrogen-bond acceptors (Lipinski definition) is 5. The molecule has 2 aliphatic rings. The predicted octanol–water partition coefficient (Wildman–Crippen LogP) is 2.51. The Kier molecular flexibility index (Phi) is 5.46. The number of fused-ring (bicyclic) bond motifs is 1. The van der Waals surface area contributed by atoms with Crippen LogP contribution in [0.5, 0.6) is 0 Å². The molecular weight excluding hydrogens is 286 g/mol. The van der Waals surface area contributed by atoms with Gasteiger partial charge in [-0.3, -0.25) is 0 Å². The minimum atomic E-state index is -0.709. The van der Waals surface area contributed by atoms with Crippen LogP contribution in [0.1, 0.15) is 33.1 Å². The van der Waals surface area contributed by atoms with E-state index < -0.39 is 18.4 Å². The van der Waals surface area contributed by atoms with E-state index in [0.29, 0.717) is 12.1 Å². The van der Waals surface area contributed by atoms with Gasteiger partial charge in [-0.15, -0.1) is 0 Å².